The highest BCUT2D eigenvalue weighted by Crippen LogP contribution is 2.26. The average Bonchev–Trinajstić information content (AvgIpc) is 2.65. The number of aromatic nitrogens is 2. The van der Waals surface area contributed by atoms with Crippen LogP contribution in [0, 0.1) is 0 Å². The molecule has 0 bridgehead atoms. The van der Waals surface area contributed by atoms with E-state index in [2.05, 4.69) is 4.98 Å². The summed E-state index contributed by atoms with van der Waals surface area (Å²) in [6, 6.07) is 4.71. The highest BCUT2D eigenvalue weighted by Gasteiger charge is 2.09. The Kier molecular flexibility index (Phi) is 2.76. The Hall–Kier alpha value is -1.66. The summed E-state index contributed by atoms with van der Waals surface area (Å²) in [6.45, 7) is 0. The minimum atomic E-state index is -2.00. The van der Waals surface area contributed by atoms with E-state index in [4.69, 9.17) is 10.3 Å². The van der Waals surface area contributed by atoms with Gasteiger partial charge in [-0.3, -0.25) is 0 Å². The van der Waals surface area contributed by atoms with Crippen molar-refractivity contribution in [2.24, 2.45) is 7.05 Å². The van der Waals surface area contributed by atoms with Crippen molar-refractivity contribution in [2.45, 2.75) is 4.90 Å². The van der Waals surface area contributed by atoms with E-state index in [0.717, 1.165) is 0 Å². The van der Waals surface area contributed by atoms with Crippen LogP contribution in [0.25, 0.3) is 11.3 Å². The maximum absolute atomic E-state index is 10.9. The fourth-order valence-electron chi connectivity index (χ4n) is 1.42. The van der Waals surface area contributed by atoms with Gasteiger partial charge in [0.25, 0.3) is 0 Å². The maximum Gasteiger partial charge on any atom is 0.186 e. The molecule has 6 heteroatoms. The van der Waals surface area contributed by atoms with Crippen molar-refractivity contribution in [3.05, 3.63) is 30.7 Å². The molecule has 0 saturated heterocycles. The van der Waals surface area contributed by atoms with Crippen molar-refractivity contribution in [1.29, 1.82) is 0 Å². The lowest BCUT2D eigenvalue weighted by atomic mass is 10.1. The van der Waals surface area contributed by atoms with Crippen LogP contribution in [-0.4, -0.2) is 18.3 Å². The molecule has 0 radical (unpaired) electrons. The Bertz CT molecular complexity index is 551. The van der Waals surface area contributed by atoms with E-state index in [1.807, 2.05) is 7.05 Å². The molecule has 2 rings (SSSR count). The molecule has 0 aliphatic carbocycles. The normalized spacial score (nSPS) is 12.6. The van der Waals surface area contributed by atoms with Crippen molar-refractivity contribution in [2.75, 3.05) is 5.73 Å². The Morgan fingerprint density at radius 3 is 2.81 bits per heavy atom. The van der Waals surface area contributed by atoms with Crippen molar-refractivity contribution < 1.29 is 8.76 Å². The second-order valence-corrected chi connectivity index (χ2v) is 4.39. The largest absolute Gasteiger partial charge is 0.398 e. The highest BCUT2D eigenvalue weighted by atomic mass is 32.2. The van der Waals surface area contributed by atoms with E-state index in [0.29, 0.717) is 21.8 Å². The van der Waals surface area contributed by atoms with Gasteiger partial charge in [0.15, 0.2) is 11.1 Å². The first-order valence-corrected chi connectivity index (χ1v) is 5.67. The Balaban J connectivity index is 2.55. The minimum Gasteiger partial charge on any atom is -0.398 e. The van der Waals surface area contributed by atoms with E-state index in [1.54, 1.807) is 29.2 Å². The maximum atomic E-state index is 10.9. The van der Waals surface area contributed by atoms with Crippen LogP contribution in [0.1, 0.15) is 0 Å². The first-order chi connectivity index (χ1) is 7.58. The quantitative estimate of drug-likeness (QED) is 0.608. The molecule has 1 aromatic carbocycles. The third-order valence-corrected chi connectivity index (χ3v) is 2.86. The monoisotopic (exact) mass is 237 g/mol. The molecule has 1 heterocycles. The molecule has 3 N–H and O–H groups in total. The van der Waals surface area contributed by atoms with Gasteiger partial charge < -0.3 is 14.9 Å². The second-order valence-electron chi connectivity index (χ2n) is 3.42. The predicted octanol–water partition coefficient (Wildman–Crippen LogP) is 1.25. The van der Waals surface area contributed by atoms with Crippen LogP contribution < -0.4 is 5.73 Å². The molecule has 0 saturated carbocycles. The summed E-state index contributed by atoms with van der Waals surface area (Å²) >= 11 is -2.00. The first-order valence-electron chi connectivity index (χ1n) is 4.56. The van der Waals surface area contributed by atoms with Crippen LogP contribution in [0.15, 0.2) is 35.6 Å². The van der Waals surface area contributed by atoms with Crippen LogP contribution in [0.3, 0.4) is 0 Å². The molecule has 1 atom stereocenters. The van der Waals surface area contributed by atoms with E-state index in [9.17, 15) is 4.21 Å². The predicted molar refractivity (Wildman–Crippen MR) is 62.1 cm³/mol. The smallest absolute Gasteiger partial charge is 0.186 e. The molecule has 0 aliphatic rings. The topological polar surface area (TPSA) is 81.1 Å². The molecule has 1 aromatic heterocycles. The molecule has 1 unspecified atom stereocenters. The summed E-state index contributed by atoms with van der Waals surface area (Å²) in [5, 5.41) is 0. The van der Waals surface area contributed by atoms with Crippen molar-refractivity contribution >= 4 is 16.8 Å². The van der Waals surface area contributed by atoms with Crippen LogP contribution in [0.5, 0.6) is 0 Å². The highest BCUT2D eigenvalue weighted by molar-refractivity contribution is 7.79. The summed E-state index contributed by atoms with van der Waals surface area (Å²) in [6.07, 6.45) is 3.45. The van der Waals surface area contributed by atoms with Gasteiger partial charge >= 0.3 is 0 Å². The molecule has 5 nitrogen and oxygen atoms in total. The van der Waals surface area contributed by atoms with Gasteiger partial charge in [-0.05, 0) is 18.2 Å². The zero-order chi connectivity index (χ0) is 11.7. The van der Waals surface area contributed by atoms with Crippen molar-refractivity contribution in [1.82, 2.24) is 9.55 Å². The minimum absolute atomic E-state index is 0.315. The van der Waals surface area contributed by atoms with Crippen molar-refractivity contribution in [3.8, 4) is 11.3 Å². The fraction of sp³-hybridized carbons (Fsp3) is 0.100. The fourth-order valence-corrected chi connectivity index (χ4v) is 1.82. The van der Waals surface area contributed by atoms with E-state index < -0.39 is 11.1 Å². The molecule has 16 heavy (non-hydrogen) atoms. The van der Waals surface area contributed by atoms with Gasteiger partial charge in [-0.1, -0.05) is 0 Å². The second kappa shape index (κ2) is 4.07. The van der Waals surface area contributed by atoms with Gasteiger partial charge in [0, 0.05) is 24.5 Å². The summed E-state index contributed by atoms with van der Waals surface area (Å²) < 4.78 is 21.7. The Labute approximate surface area is 95.2 Å². The molecular formula is C10H11N3O2S. The number of rotatable bonds is 2. The van der Waals surface area contributed by atoms with Gasteiger partial charge in [-0.25, -0.2) is 9.19 Å². The van der Waals surface area contributed by atoms with Crippen LogP contribution in [-0.2, 0) is 18.1 Å². The third-order valence-electron chi connectivity index (χ3n) is 2.21. The van der Waals surface area contributed by atoms with E-state index >= 15 is 0 Å². The lowest BCUT2D eigenvalue weighted by molar-refractivity contribution is 0.564. The summed E-state index contributed by atoms with van der Waals surface area (Å²) in [5.41, 5.74) is 7.69. The number of imidazole rings is 1. The SMILES string of the molecule is Cn1cnc(-c2cc(S(=O)O)ccc2N)c1. The molecule has 0 fully saturated rings. The average molecular weight is 237 g/mol. The van der Waals surface area contributed by atoms with Gasteiger partial charge in [-0.15, -0.1) is 0 Å². The lowest BCUT2D eigenvalue weighted by Gasteiger charge is -2.03. The number of aryl methyl sites for hydroxylation is 1. The number of nitrogens with two attached hydrogens (primary N) is 1. The summed E-state index contributed by atoms with van der Waals surface area (Å²) in [5.74, 6) is 0. The molecule has 2 aromatic rings. The number of nitrogen functional groups attached to an aromatic ring is 1. The molecule has 84 valence electrons. The van der Waals surface area contributed by atoms with Gasteiger partial charge in [0.1, 0.15) is 0 Å². The summed E-state index contributed by atoms with van der Waals surface area (Å²) in [7, 11) is 1.85. The lowest BCUT2D eigenvalue weighted by Crippen LogP contribution is -1.94. The number of anilines is 1. The number of benzene rings is 1. The first kappa shape index (κ1) is 10.8. The van der Waals surface area contributed by atoms with Gasteiger partial charge in [-0.2, -0.15) is 0 Å². The van der Waals surface area contributed by atoms with Crippen LogP contribution in [0.2, 0.25) is 0 Å². The van der Waals surface area contributed by atoms with Gasteiger partial charge in [0.05, 0.1) is 16.9 Å². The number of hydrogen-bond acceptors (Lipinski definition) is 3. The molecule has 0 spiro atoms. The van der Waals surface area contributed by atoms with Crippen LogP contribution in [0.4, 0.5) is 5.69 Å². The zero-order valence-electron chi connectivity index (χ0n) is 8.62. The Morgan fingerprint density at radius 1 is 1.50 bits per heavy atom. The molecular weight excluding hydrogens is 226 g/mol. The number of nitrogens with zero attached hydrogens (tertiary/aromatic N) is 2. The van der Waals surface area contributed by atoms with Crippen LogP contribution >= 0.6 is 0 Å². The van der Waals surface area contributed by atoms with E-state index in [-0.39, 0.29) is 0 Å². The zero-order valence-corrected chi connectivity index (χ0v) is 9.44. The Morgan fingerprint density at radius 2 is 2.25 bits per heavy atom. The number of hydrogen-bond donors (Lipinski definition) is 2. The molecule has 0 aliphatic heterocycles. The summed E-state index contributed by atoms with van der Waals surface area (Å²) in [4.78, 5) is 4.46. The molecule has 0 amide bonds. The van der Waals surface area contributed by atoms with E-state index in [1.165, 1.54) is 6.07 Å². The third kappa shape index (κ3) is 1.98. The standard InChI is InChI=1S/C10H11N3O2S/c1-13-5-10(12-6-13)8-4-7(16(14)15)2-3-9(8)11/h2-6H,11H2,1H3,(H,14,15). The van der Waals surface area contributed by atoms with Gasteiger partial charge in [0.2, 0.25) is 0 Å². The van der Waals surface area contributed by atoms with Crippen molar-refractivity contribution in [3.63, 3.8) is 0 Å².